The zero-order valence-electron chi connectivity index (χ0n) is 45.9. The molecule has 11 atom stereocenters. The molecule has 1 heterocycles. The molecule has 5 fully saturated rings. The van der Waals surface area contributed by atoms with E-state index in [1.165, 1.54) is 276 Å². The first-order chi connectivity index (χ1) is 32.2. The molecule has 11 unspecified atom stereocenters. The molecule has 0 aromatic heterocycles. The van der Waals surface area contributed by atoms with Crippen LogP contribution in [0.4, 0.5) is 0 Å². The number of fused-ring (bicyclic) bond motifs is 6. The third-order valence-electron chi connectivity index (χ3n) is 21.1. The summed E-state index contributed by atoms with van der Waals surface area (Å²) in [6, 6.07) is 0. The van der Waals surface area contributed by atoms with Crippen molar-refractivity contribution in [3.05, 3.63) is 23.8 Å². The van der Waals surface area contributed by atoms with Crippen LogP contribution in [0.25, 0.3) is 0 Å². The number of allylic oxidation sites excluding steroid dienone is 4. The summed E-state index contributed by atoms with van der Waals surface area (Å²) in [5.41, 5.74) is 3.08. The van der Waals surface area contributed by atoms with E-state index in [4.69, 9.17) is 0 Å². The zero-order chi connectivity index (χ0) is 46.5. The molecule has 6 rings (SSSR count). The van der Waals surface area contributed by atoms with Gasteiger partial charge in [0.25, 0.3) is 0 Å². The lowest BCUT2D eigenvalue weighted by Gasteiger charge is -2.58. The topological polar surface area (TPSA) is 3.24 Å². The number of hydrogen-bond donors (Lipinski definition) is 0. The average molecular weight is 929 g/mol. The van der Waals surface area contributed by atoms with Gasteiger partial charge in [0, 0.05) is 13.1 Å². The van der Waals surface area contributed by atoms with Gasteiger partial charge in [-0.05, 0) is 179 Å². The van der Waals surface area contributed by atoms with E-state index >= 15 is 0 Å². The summed E-state index contributed by atoms with van der Waals surface area (Å²) in [4.78, 5) is 2.96. The van der Waals surface area contributed by atoms with Gasteiger partial charge in [0.05, 0.1) is 0 Å². The van der Waals surface area contributed by atoms with Gasteiger partial charge in [-0.3, -0.25) is 0 Å². The summed E-state index contributed by atoms with van der Waals surface area (Å²) < 4.78 is 0. The lowest BCUT2D eigenvalue weighted by molar-refractivity contribution is -0.0529. The van der Waals surface area contributed by atoms with Crippen LogP contribution in [0, 0.1) is 70.0 Å². The van der Waals surface area contributed by atoms with Crippen molar-refractivity contribution in [2.45, 2.75) is 306 Å². The van der Waals surface area contributed by atoms with Crippen molar-refractivity contribution in [3.8, 4) is 0 Å². The molecular formula is C66H121N. The van der Waals surface area contributed by atoms with Crippen LogP contribution < -0.4 is 0 Å². The van der Waals surface area contributed by atoms with E-state index < -0.39 is 0 Å². The Balaban J connectivity index is 0.00000840. The molecule has 6 aliphatic rings. The van der Waals surface area contributed by atoms with Crippen molar-refractivity contribution in [3.63, 3.8) is 0 Å². The average Bonchev–Trinajstić information content (AvgIpc) is 3.68. The van der Waals surface area contributed by atoms with Crippen LogP contribution in [-0.4, -0.2) is 24.5 Å². The van der Waals surface area contributed by atoms with Gasteiger partial charge in [0.15, 0.2) is 0 Å². The van der Waals surface area contributed by atoms with Crippen molar-refractivity contribution in [1.29, 1.82) is 0 Å². The molecule has 1 saturated heterocycles. The normalized spacial score (nSPS) is 31.7. The third kappa shape index (κ3) is 17.9. The largest absolute Gasteiger partial charge is 0.303 e. The second-order valence-corrected chi connectivity index (χ2v) is 26.4. The van der Waals surface area contributed by atoms with Gasteiger partial charge in [0.1, 0.15) is 0 Å². The van der Waals surface area contributed by atoms with Crippen LogP contribution >= 0.6 is 0 Å². The number of unbranched alkanes of at least 4 members (excludes halogenated alkanes) is 18. The zero-order valence-corrected chi connectivity index (χ0v) is 45.9. The summed E-state index contributed by atoms with van der Waals surface area (Å²) in [6.07, 6.45) is 66.6. The smallest absolute Gasteiger partial charge is 0.00124 e. The predicted molar refractivity (Wildman–Crippen MR) is 299 cm³/mol. The molecular weight excluding hydrogens is 807 g/mol. The number of nitrogens with zero attached hydrogens (tertiary/aromatic N) is 1. The van der Waals surface area contributed by atoms with Crippen LogP contribution in [0.5, 0.6) is 0 Å². The first-order valence-corrected chi connectivity index (χ1v) is 31.3. The van der Waals surface area contributed by atoms with Crippen molar-refractivity contribution < 1.29 is 0 Å². The van der Waals surface area contributed by atoms with Crippen LogP contribution in [0.3, 0.4) is 0 Å². The van der Waals surface area contributed by atoms with E-state index in [9.17, 15) is 0 Å². The van der Waals surface area contributed by atoms with E-state index in [1.807, 2.05) is 5.57 Å². The SMILES string of the molecule is C.CCCCCCCC/C=C\CCCCCCCCCCC(CCCCCCCC1CCC2(C)C(=CCC3C2CCC2(C)C(C(C)CCCC(C)C)CCC32)C1)CN1CCC2CCCCC2C1. The molecule has 1 nitrogen and oxygen atoms in total. The van der Waals surface area contributed by atoms with Gasteiger partial charge in [0.2, 0.25) is 0 Å². The third-order valence-corrected chi connectivity index (χ3v) is 21.1. The van der Waals surface area contributed by atoms with E-state index in [-0.39, 0.29) is 7.43 Å². The maximum Gasteiger partial charge on any atom is 0.00124 e. The summed E-state index contributed by atoms with van der Waals surface area (Å²) >= 11 is 0. The number of likely N-dealkylation sites (tertiary alicyclic amines) is 1. The maximum absolute atomic E-state index is 2.96. The fraction of sp³-hybridized carbons (Fsp3) is 0.939. The minimum atomic E-state index is 0. The highest BCUT2D eigenvalue weighted by Crippen LogP contribution is 2.67. The van der Waals surface area contributed by atoms with Crippen LogP contribution in [0.15, 0.2) is 23.8 Å². The molecule has 4 saturated carbocycles. The lowest BCUT2D eigenvalue weighted by Crippen LogP contribution is -2.50. The van der Waals surface area contributed by atoms with E-state index in [2.05, 4.69) is 64.7 Å². The molecule has 0 spiro atoms. The van der Waals surface area contributed by atoms with Gasteiger partial charge in [-0.1, -0.05) is 227 Å². The highest BCUT2D eigenvalue weighted by Gasteiger charge is 2.59. The summed E-state index contributed by atoms with van der Waals surface area (Å²) in [5.74, 6) is 9.75. The van der Waals surface area contributed by atoms with Crippen molar-refractivity contribution in [2.75, 3.05) is 19.6 Å². The summed E-state index contributed by atoms with van der Waals surface area (Å²) in [6.45, 7) is 19.6. The molecule has 5 aliphatic carbocycles. The minimum Gasteiger partial charge on any atom is -0.303 e. The first-order valence-electron chi connectivity index (χ1n) is 31.3. The standard InChI is InChI=1S/C65H117N.CH4/c1-7-8-9-10-11-12-13-14-15-16-17-18-19-20-21-22-24-28-36-56(51-66-49-46-57-38-30-31-39-58(57)52-66)37-29-26-23-25-27-35-55-44-47-64(5)59(50-55)40-41-60-62-43-42-61(54(4)34-32-33-53(2)3)65(62,6)48-45-63(60)64;/h14-15,40,53-58,60-63H,7-13,16-39,41-52H2,1-6H3;1H4/b15-14-;. The highest BCUT2D eigenvalue weighted by molar-refractivity contribution is 5.25. The Bertz CT molecular complexity index is 1340. The van der Waals surface area contributed by atoms with Gasteiger partial charge in [-0.15, -0.1) is 0 Å². The summed E-state index contributed by atoms with van der Waals surface area (Å²) in [7, 11) is 0. The fourth-order valence-electron chi connectivity index (χ4n) is 17.0. The Morgan fingerprint density at radius 2 is 1.24 bits per heavy atom. The lowest BCUT2D eigenvalue weighted by atomic mass is 9.46. The van der Waals surface area contributed by atoms with Crippen LogP contribution in [0.1, 0.15) is 306 Å². The molecule has 0 bridgehead atoms. The fourth-order valence-corrected chi connectivity index (χ4v) is 17.0. The Morgan fingerprint density at radius 1 is 0.612 bits per heavy atom. The van der Waals surface area contributed by atoms with Gasteiger partial charge >= 0.3 is 0 Å². The van der Waals surface area contributed by atoms with E-state index in [1.54, 1.807) is 0 Å². The van der Waals surface area contributed by atoms with Crippen molar-refractivity contribution in [2.24, 2.45) is 70.0 Å². The van der Waals surface area contributed by atoms with Crippen molar-refractivity contribution in [1.82, 2.24) is 4.90 Å². The Hall–Kier alpha value is -0.560. The Labute approximate surface area is 422 Å². The van der Waals surface area contributed by atoms with Crippen LogP contribution in [-0.2, 0) is 0 Å². The number of rotatable bonds is 33. The molecule has 0 radical (unpaired) electrons. The molecule has 67 heavy (non-hydrogen) atoms. The van der Waals surface area contributed by atoms with Crippen molar-refractivity contribution >= 4 is 0 Å². The van der Waals surface area contributed by atoms with Gasteiger partial charge < -0.3 is 4.90 Å². The minimum absolute atomic E-state index is 0. The second kappa shape index (κ2) is 31.1. The molecule has 0 amide bonds. The van der Waals surface area contributed by atoms with E-state index in [0.717, 1.165) is 59.2 Å². The second-order valence-electron chi connectivity index (χ2n) is 26.4. The molecule has 0 N–H and O–H groups in total. The molecule has 1 heteroatoms. The number of hydrogen-bond acceptors (Lipinski definition) is 1. The predicted octanol–water partition coefficient (Wildman–Crippen LogP) is 21.3. The van der Waals surface area contributed by atoms with E-state index in [0.29, 0.717) is 10.8 Å². The summed E-state index contributed by atoms with van der Waals surface area (Å²) in [5, 5.41) is 0. The Morgan fingerprint density at radius 3 is 1.91 bits per heavy atom. The Kier molecular flexibility index (Phi) is 26.6. The highest BCUT2D eigenvalue weighted by atomic mass is 15.1. The van der Waals surface area contributed by atoms with Crippen LogP contribution in [0.2, 0.25) is 0 Å². The molecule has 390 valence electrons. The molecule has 0 aromatic rings. The quantitative estimate of drug-likeness (QED) is 0.0468. The molecule has 1 aliphatic heterocycles. The number of piperidine rings is 1. The first kappa shape index (κ1) is 57.3. The van der Waals surface area contributed by atoms with Gasteiger partial charge in [-0.2, -0.15) is 0 Å². The molecule has 0 aromatic carbocycles. The van der Waals surface area contributed by atoms with Gasteiger partial charge in [-0.25, -0.2) is 0 Å². The monoisotopic (exact) mass is 928 g/mol. The maximum atomic E-state index is 2.96.